The zero-order chi connectivity index (χ0) is 24.7. The van der Waals surface area contributed by atoms with Gasteiger partial charge in [-0.2, -0.15) is 5.26 Å². The van der Waals surface area contributed by atoms with E-state index in [1.54, 1.807) is 13.2 Å². The number of hydrogen-bond acceptors (Lipinski definition) is 8. The number of rotatable bonds is 8. The monoisotopic (exact) mass is 467 g/mol. The van der Waals surface area contributed by atoms with E-state index in [1.165, 1.54) is 21.0 Å². The largest absolute Gasteiger partial charge is 0.497 e. The lowest BCUT2D eigenvalue weighted by atomic mass is 9.91. The van der Waals surface area contributed by atoms with Crippen molar-refractivity contribution in [1.29, 1.82) is 5.26 Å². The molecule has 0 saturated carbocycles. The molecule has 0 radical (unpaired) electrons. The van der Waals surface area contributed by atoms with Gasteiger partial charge in [0, 0.05) is 32.3 Å². The average Bonchev–Trinajstić information content (AvgIpc) is 2.82. The van der Waals surface area contributed by atoms with Crippen molar-refractivity contribution in [2.45, 2.75) is 51.4 Å². The van der Waals surface area contributed by atoms with E-state index in [-0.39, 0.29) is 12.6 Å². The first kappa shape index (κ1) is 25.1. The summed E-state index contributed by atoms with van der Waals surface area (Å²) in [5, 5.41) is 9.74. The topological polar surface area (TPSA) is 104 Å². The maximum Gasteiger partial charge on any atom is 0.302 e. The van der Waals surface area contributed by atoms with Crippen LogP contribution < -0.4 is 9.47 Å². The number of carbonyl (C=O) groups is 2. The van der Waals surface area contributed by atoms with Gasteiger partial charge < -0.3 is 23.7 Å². The zero-order valence-electron chi connectivity index (χ0n) is 19.8. The summed E-state index contributed by atoms with van der Waals surface area (Å²) in [7, 11) is 3.15. The van der Waals surface area contributed by atoms with E-state index < -0.39 is 24.3 Å². The Morgan fingerprint density at radius 1 is 1.06 bits per heavy atom. The first-order valence-electron chi connectivity index (χ1n) is 11.0. The summed E-state index contributed by atoms with van der Waals surface area (Å²) in [6.07, 6.45) is 0.0394. The second-order valence-corrected chi connectivity index (χ2v) is 8.14. The SMILES string of the molecule is COc1ccc(Cc2cc(C3CC(OC(C)=O)CC(COC(C)=O)O3)c(OC)cc2C#N)cc1. The van der Waals surface area contributed by atoms with E-state index in [1.807, 2.05) is 30.3 Å². The molecule has 0 bridgehead atoms. The molecule has 1 aliphatic heterocycles. The second-order valence-electron chi connectivity index (χ2n) is 8.14. The lowest BCUT2D eigenvalue weighted by molar-refractivity contribution is -0.169. The summed E-state index contributed by atoms with van der Waals surface area (Å²) in [4.78, 5) is 22.9. The molecule has 0 spiro atoms. The summed E-state index contributed by atoms with van der Waals surface area (Å²) in [6.45, 7) is 2.75. The minimum Gasteiger partial charge on any atom is -0.497 e. The average molecular weight is 468 g/mol. The van der Waals surface area contributed by atoms with Gasteiger partial charge >= 0.3 is 11.9 Å². The van der Waals surface area contributed by atoms with Crippen LogP contribution in [0.5, 0.6) is 11.5 Å². The summed E-state index contributed by atoms with van der Waals surface area (Å²) < 4.78 is 27.7. The van der Waals surface area contributed by atoms with Crippen LogP contribution in [-0.4, -0.2) is 45.0 Å². The normalized spacial score (nSPS) is 19.6. The van der Waals surface area contributed by atoms with Crippen molar-refractivity contribution in [2.75, 3.05) is 20.8 Å². The molecule has 0 aliphatic carbocycles. The quantitative estimate of drug-likeness (QED) is 0.539. The molecule has 8 heteroatoms. The summed E-state index contributed by atoms with van der Waals surface area (Å²) in [5.74, 6) is 0.469. The van der Waals surface area contributed by atoms with Gasteiger partial charge in [-0.3, -0.25) is 9.59 Å². The maximum absolute atomic E-state index is 11.6. The molecular weight excluding hydrogens is 438 g/mol. The van der Waals surface area contributed by atoms with Gasteiger partial charge in [-0.25, -0.2) is 0 Å². The molecule has 1 fully saturated rings. The molecule has 0 aromatic heterocycles. The van der Waals surface area contributed by atoms with Gasteiger partial charge in [0.05, 0.1) is 38.1 Å². The van der Waals surface area contributed by atoms with Gasteiger partial charge in [-0.15, -0.1) is 0 Å². The van der Waals surface area contributed by atoms with E-state index in [4.69, 9.17) is 23.7 Å². The highest BCUT2D eigenvalue weighted by Crippen LogP contribution is 2.39. The second kappa shape index (κ2) is 11.5. The van der Waals surface area contributed by atoms with Crippen molar-refractivity contribution >= 4 is 11.9 Å². The molecule has 1 saturated heterocycles. The van der Waals surface area contributed by atoms with Gasteiger partial charge in [-0.05, 0) is 41.8 Å². The Kier molecular flexibility index (Phi) is 8.50. The van der Waals surface area contributed by atoms with Crippen LogP contribution >= 0.6 is 0 Å². The van der Waals surface area contributed by atoms with Crippen LogP contribution in [0.3, 0.4) is 0 Å². The molecule has 34 heavy (non-hydrogen) atoms. The first-order valence-corrected chi connectivity index (χ1v) is 11.0. The Hall–Kier alpha value is -3.57. The van der Waals surface area contributed by atoms with Crippen LogP contribution in [0.25, 0.3) is 0 Å². The summed E-state index contributed by atoms with van der Waals surface area (Å²) >= 11 is 0. The molecule has 8 nitrogen and oxygen atoms in total. The van der Waals surface area contributed by atoms with Gasteiger partial charge in [0.1, 0.15) is 24.2 Å². The fraction of sp³-hybridized carbons (Fsp3) is 0.423. The third-order valence-corrected chi connectivity index (χ3v) is 5.64. The Balaban J connectivity index is 1.94. The minimum atomic E-state index is -0.476. The summed E-state index contributed by atoms with van der Waals surface area (Å²) in [6, 6.07) is 13.5. The molecule has 2 aromatic rings. The van der Waals surface area contributed by atoms with Crippen LogP contribution in [0.2, 0.25) is 0 Å². The predicted octanol–water partition coefficient (Wildman–Crippen LogP) is 3.88. The number of hydrogen-bond donors (Lipinski definition) is 0. The van der Waals surface area contributed by atoms with Gasteiger partial charge in [-0.1, -0.05) is 12.1 Å². The molecule has 0 amide bonds. The van der Waals surface area contributed by atoms with Crippen molar-refractivity contribution in [1.82, 2.24) is 0 Å². The number of carbonyl (C=O) groups excluding carboxylic acids is 2. The zero-order valence-corrected chi connectivity index (χ0v) is 19.8. The Morgan fingerprint density at radius 3 is 2.38 bits per heavy atom. The predicted molar refractivity (Wildman–Crippen MR) is 123 cm³/mol. The van der Waals surface area contributed by atoms with Gasteiger partial charge in [0.15, 0.2) is 0 Å². The van der Waals surface area contributed by atoms with Gasteiger partial charge in [0.25, 0.3) is 0 Å². The van der Waals surface area contributed by atoms with Crippen LogP contribution in [0.15, 0.2) is 36.4 Å². The molecule has 2 aromatic carbocycles. The van der Waals surface area contributed by atoms with Crippen LogP contribution in [0.1, 0.15) is 55.0 Å². The third kappa shape index (κ3) is 6.49. The smallest absolute Gasteiger partial charge is 0.302 e. The van der Waals surface area contributed by atoms with Crippen molar-refractivity contribution < 1.29 is 33.3 Å². The highest BCUT2D eigenvalue weighted by Gasteiger charge is 2.34. The highest BCUT2D eigenvalue weighted by molar-refractivity contribution is 5.66. The number of esters is 2. The van der Waals surface area contributed by atoms with E-state index in [0.717, 1.165) is 22.4 Å². The number of nitriles is 1. The van der Waals surface area contributed by atoms with Crippen molar-refractivity contribution in [3.05, 3.63) is 58.7 Å². The molecule has 0 N–H and O–H groups in total. The molecule has 180 valence electrons. The molecule has 1 heterocycles. The number of methoxy groups -OCH3 is 2. The fourth-order valence-electron chi connectivity index (χ4n) is 4.11. The van der Waals surface area contributed by atoms with E-state index >= 15 is 0 Å². The molecule has 3 atom stereocenters. The maximum atomic E-state index is 11.6. The molecule has 1 aliphatic rings. The van der Waals surface area contributed by atoms with E-state index in [9.17, 15) is 14.9 Å². The lowest BCUT2D eigenvalue weighted by Gasteiger charge is -2.35. The number of nitrogens with zero attached hydrogens (tertiary/aromatic N) is 1. The lowest BCUT2D eigenvalue weighted by Crippen LogP contribution is -2.37. The van der Waals surface area contributed by atoms with Gasteiger partial charge in [0.2, 0.25) is 0 Å². The first-order chi connectivity index (χ1) is 16.3. The van der Waals surface area contributed by atoms with Crippen molar-refractivity contribution in [3.8, 4) is 17.6 Å². The Morgan fingerprint density at radius 2 is 1.79 bits per heavy atom. The van der Waals surface area contributed by atoms with E-state index in [0.29, 0.717) is 30.6 Å². The highest BCUT2D eigenvalue weighted by atomic mass is 16.6. The third-order valence-electron chi connectivity index (χ3n) is 5.64. The molecular formula is C26H29NO7. The van der Waals surface area contributed by atoms with Crippen LogP contribution in [0, 0.1) is 11.3 Å². The number of benzene rings is 2. The van der Waals surface area contributed by atoms with Crippen molar-refractivity contribution in [3.63, 3.8) is 0 Å². The summed E-state index contributed by atoms with van der Waals surface area (Å²) in [5.41, 5.74) is 3.08. The van der Waals surface area contributed by atoms with Crippen LogP contribution in [-0.2, 0) is 30.2 Å². The van der Waals surface area contributed by atoms with Crippen LogP contribution in [0.4, 0.5) is 0 Å². The fourth-order valence-corrected chi connectivity index (χ4v) is 4.11. The van der Waals surface area contributed by atoms with E-state index in [2.05, 4.69) is 6.07 Å². The Labute approximate surface area is 199 Å². The molecule has 3 rings (SSSR count). The Bertz CT molecular complexity index is 1060. The minimum absolute atomic E-state index is 0.0564. The standard InChI is InChI=1S/C26H29NO7/c1-16(28)32-15-23-12-22(33-17(2)29)13-26(34-23)24-10-19(20(14-27)11-25(24)31-4)9-18-5-7-21(30-3)8-6-18/h5-8,10-11,22-23,26H,9,12-13,15H2,1-4H3. The van der Waals surface area contributed by atoms with Crippen molar-refractivity contribution in [2.24, 2.45) is 0 Å². The molecule has 3 unspecified atom stereocenters. The number of ether oxygens (including phenoxy) is 5.